The van der Waals surface area contributed by atoms with Crippen LogP contribution >= 0.6 is 0 Å². The van der Waals surface area contributed by atoms with E-state index >= 15 is 0 Å². The van der Waals surface area contributed by atoms with Crippen molar-refractivity contribution in [1.29, 1.82) is 0 Å². The van der Waals surface area contributed by atoms with Gasteiger partial charge in [0.25, 0.3) is 0 Å². The minimum Gasteiger partial charge on any atom is -0.396 e. The van der Waals surface area contributed by atoms with E-state index in [1.165, 1.54) is 5.56 Å². The quantitative estimate of drug-likeness (QED) is 0.726. The third-order valence-corrected chi connectivity index (χ3v) is 2.04. The third-order valence-electron chi connectivity index (χ3n) is 2.04. The van der Waals surface area contributed by atoms with Crippen LogP contribution < -0.4 is 0 Å². The smallest absolute Gasteiger partial charge is 0.109 e. The lowest BCUT2D eigenvalue weighted by Crippen LogP contribution is -1.91. The van der Waals surface area contributed by atoms with E-state index in [4.69, 9.17) is 5.11 Å². The van der Waals surface area contributed by atoms with Gasteiger partial charge in [0.1, 0.15) is 5.82 Å². The summed E-state index contributed by atoms with van der Waals surface area (Å²) in [5.74, 6) is 0.850. The van der Waals surface area contributed by atoms with Crippen molar-refractivity contribution < 1.29 is 5.11 Å². The fraction of sp³-hybridized carbons (Fsp3) is 0.300. The predicted molar refractivity (Wildman–Crippen MR) is 51.6 cm³/mol. The Labute approximate surface area is 76.4 Å². The standard InChI is InChI=1S/C10H12N2O/c1-7-2-3-8-9(6-7)12-10(11-8)4-5-13/h2-3,6,13H,4-5H2,1H3,(H,11,12). The largest absolute Gasteiger partial charge is 0.396 e. The van der Waals surface area contributed by atoms with Gasteiger partial charge in [-0.2, -0.15) is 0 Å². The lowest BCUT2D eigenvalue weighted by atomic mass is 10.2. The van der Waals surface area contributed by atoms with Gasteiger partial charge in [-0.15, -0.1) is 0 Å². The van der Waals surface area contributed by atoms with Crippen molar-refractivity contribution in [2.45, 2.75) is 13.3 Å². The molecule has 3 nitrogen and oxygen atoms in total. The summed E-state index contributed by atoms with van der Waals surface area (Å²) in [4.78, 5) is 7.49. The van der Waals surface area contributed by atoms with Gasteiger partial charge >= 0.3 is 0 Å². The van der Waals surface area contributed by atoms with Crippen molar-refractivity contribution in [2.24, 2.45) is 0 Å². The van der Waals surface area contributed by atoms with E-state index in [-0.39, 0.29) is 6.61 Å². The normalized spacial score (nSPS) is 10.9. The molecule has 0 aliphatic heterocycles. The number of imidazole rings is 1. The molecular weight excluding hydrogens is 164 g/mol. The van der Waals surface area contributed by atoms with Gasteiger partial charge in [-0.3, -0.25) is 0 Å². The molecule has 0 atom stereocenters. The van der Waals surface area contributed by atoms with Crippen LogP contribution in [0.15, 0.2) is 18.2 Å². The molecule has 0 fully saturated rings. The van der Waals surface area contributed by atoms with Crippen molar-refractivity contribution in [3.63, 3.8) is 0 Å². The molecule has 0 aliphatic carbocycles. The van der Waals surface area contributed by atoms with Gasteiger partial charge in [0, 0.05) is 6.42 Å². The van der Waals surface area contributed by atoms with E-state index in [1.54, 1.807) is 0 Å². The number of rotatable bonds is 2. The van der Waals surface area contributed by atoms with Gasteiger partial charge in [-0.05, 0) is 24.6 Å². The maximum Gasteiger partial charge on any atom is 0.109 e. The van der Waals surface area contributed by atoms with Crippen LogP contribution in [0.1, 0.15) is 11.4 Å². The number of aliphatic hydroxyl groups is 1. The van der Waals surface area contributed by atoms with Gasteiger partial charge in [0.05, 0.1) is 17.6 Å². The molecule has 0 aliphatic rings. The molecule has 13 heavy (non-hydrogen) atoms. The molecule has 2 rings (SSSR count). The fourth-order valence-electron chi connectivity index (χ4n) is 1.40. The molecule has 0 spiro atoms. The van der Waals surface area contributed by atoms with E-state index in [0.29, 0.717) is 6.42 Å². The molecule has 3 heteroatoms. The molecule has 0 amide bonds. The topological polar surface area (TPSA) is 48.9 Å². The second kappa shape index (κ2) is 3.18. The van der Waals surface area contributed by atoms with E-state index in [9.17, 15) is 0 Å². The highest BCUT2D eigenvalue weighted by Crippen LogP contribution is 2.13. The number of aromatic nitrogens is 2. The lowest BCUT2D eigenvalue weighted by Gasteiger charge is -1.89. The number of hydrogen-bond donors (Lipinski definition) is 2. The average molecular weight is 176 g/mol. The molecular formula is C10H12N2O. The summed E-state index contributed by atoms with van der Waals surface area (Å²) >= 11 is 0. The number of aromatic amines is 1. The summed E-state index contributed by atoms with van der Waals surface area (Å²) in [7, 11) is 0. The maximum absolute atomic E-state index is 8.74. The van der Waals surface area contributed by atoms with Gasteiger partial charge in [-0.25, -0.2) is 4.98 Å². The van der Waals surface area contributed by atoms with Crippen molar-refractivity contribution in [3.8, 4) is 0 Å². The number of aryl methyl sites for hydroxylation is 1. The van der Waals surface area contributed by atoms with Crippen LogP contribution in [-0.2, 0) is 6.42 Å². The second-order valence-corrected chi connectivity index (χ2v) is 3.18. The van der Waals surface area contributed by atoms with Crippen LogP contribution in [0, 0.1) is 6.92 Å². The first kappa shape index (κ1) is 8.26. The van der Waals surface area contributed by atoms with Gasteiger partial charge in [-0.1, -0.05) is 6.07 Å². The first-order valence-electron chi connectivity index (χ1n) is 4.36. The SMILES string of the molecule is Cc1ccc2nc(CCO)[nH]c2c1. The predicted octanol–water partition coefficient (Wildman–Crippen LogP) is 1.41. The summed E-state index contributed by atoms with van der Waals surface area (Å²) in [6, 6.07) is 6.08. The Bertz CT molecular complexity index is 420. The van der Waals surface area contributed by atoms with E-state index in [0.717, 1.165) is 16.9 Å². The average Bonchev–Trinajstić information content (AvgIpc) is 2.46. The number of H-pyrrole nitrogens is 1. The summed E-state index contributed by atoms with van der Waals surface area (Å²) < 4.78 is 0. The van der Waals surface area contributed by atoms with Crippen LogP contribution in [0.5, 0.6) is 0 Å². The molecule has 1 aromatic heterocycles. The highest BCUT2D eigenvalue weighted by Gasteiger charge is 2.01. The van der Waals surface area contributed by atoms with E-state index in [1.807, 2.05) is 19.1 Å². The van der Waals surface area contributed by atoms with Crippen LogP contribution in [0.4, 0.5) is 0 Å². The molecule has 0 unspecified atom stereocenters. The van der Waals surface area contributed by atoms with Crippen LogP contribution in [0.2, 0.25) is 0 Å². The Morgan fingerprint density at radius 1 is 1.46 bits per heavy atom. The third kappa shape index (κ3) is 1.55. The Hall–Kier alpha value is -1.35. The molecule has 68 valence electrons. The summed E-state index contributed by atoms with van der Waals surface area (Å²) in [6.07, 6.45) is 0.591. The first-order chi connectivity index (χ1) is 6.29. The zero-order valence-electron chi connectivity index (χ0n) is 7.54. The van der Waals surface area contributed by atoms with Gasteiger partial charge in [0.15, 0.2) is 0 Å². The summed E-state index contributed by atoms with van der Waals surface area (Å²) in [6.45, 7) is 2.19. The van der Waals surface area contributed by atoms with Crippen molar-refractivity contribution in [1.82, 2.24) is 9.97 Å². The van der Waals surface area contributed by atoms with Crippen LogP contribution in [-0.4, -0.2) is 21.7 Å². The molecule has 2 aromatic rings. The molecule has 0 saturated carbocycles. The van der Waals surface area contributed by atoms with Crippen molar-refractivity contribution in [2.75, 3.05) is 6.61 Å². The number of aliphatic hydroxyl groups excluding tert-OH is 1. The van der Waals surface area contributed by atoms with Gasteiger partial charge in [0.2, 0.25) is 0 Å². The minimum absolute atomic E-state index is 0.138. The summed E-state index contributed by atoms with van der Waals surface area (Å²) in [5, 5.41) is 8.74. The Morgan fingerprint density at radius 3 is 3.08 bits per heavy atom. The fourth-order valence-corrected chi connectivity index (χ4v) is 1.40. The van der Waals surface area contributed by atoms with Crippen molar-refractivity contribution >= 4 is 11.0 Å². The molecule has 0 bridgehead atoms. The number of nitrogens with zero attached hydrogens (tertiary/aromatic N) is 1. The van der Waals surface area contributed by atoms with Gasteiger partial charge < -0.3 is 10.1 Å². The highest BCUT2D eigenvalue weighted by molar-refractivity contribution is 5.75. The number of hydrogen-bond acceptors (Lipinski definition) is 2. The Balaban J connectivity index is 2.49. The molecule has 0 radical (unpaired) electrons. The number of nitrogens with one attached hydrogen (secondary N) is 1. The molecule has 2 N–H and O–H groups in total. The monoisotopic (exact) mass is 176 g/mol. The maximum atomic E-state index is 8.74. The Morgan fingerprint density at radius 2 is 2.31 bits per heavy atom. The Kier molecular flexibility index (Phi) is 2.02. The van der Waals surface area contributed by atoms with Crippen LogP contribution in [0.25, 0.3) is 11.0 Å². The minimum atomic E-state index is 0.138. The van der Waals surface area contributed by atoms with E-state index < -0.39 is 0 Å². The summed E-state index contributed by atoms with van der Waals surface area (Å²) in [5.41, 5.74) is 3.23. The molecule has 1 aromatic carbocycles. The number of benzene rings is 1. The molecule has 1 heterocycles. The van der Waals surface area contributed by atoms with Crippen molar-refractivity contribution in [3.05, 3.63) is 29.6 Å². The zero-order chi connectivity index (χ0) is 9.26. The molecule has 0 saturated heterocycles. The lowest BCUT2D eigenvalue weighted by molar-refractivity contribution is 0.297. The number of fused-ring (bicyclic) bond motifs is 1. The second-order valence-electron chi connectivity index (χ2n) is 3.18. The van der Waals surface area contributed by atoms with Crippen LogP contribution in [0.3, 0.4) is 0 Å². The first-order valence-corrected chi connectivity index (χ1v) is 4.36. The highest BCUT2D eigenvalue weighted by atomic mass is 16.3. The van der Waals surface area contributed by atoms with E-state index in [2.05, 4.69) is 16.0 Å². The zero-order valence-corrected chi connectivity index (χ0v) is 7.54.